The van der Waals surface area contributed by atoms with Crippen LogP contribution in [0.3, 0.4) is 0 Å². The van der Waals surface area contributed by atoms with Crippen molar-refractivity contribution < 1.29 is 19.0 Å². The predicted octanol–water partition coefficient (Wildman–Crippen LogP) is 2.21. The number of ether oxygens (including phenoxy) is 1. The molecule has 0 radical (unpaired) electrons. The van der Waals surface area contributed by atoms with E-state index in [1.165, 1.54) is 13.2 Å². The van der Waals surface area contributed by atoms with Gasteiger partial charge >= 0.3 is 6.03 Å². The van der Waals surface area contributed by atoms with Gasteiger partial charge in [-0.15, -0.1) is 0 Å². The summed E-state index contributed by atoms with van der Waals surface area (Å²) in [4.78, 5) is 20.2. The molecule has 9 heteroatoms. The van der Waals surface area contributed by atoms with Gasteiger partial charge in [-0.25, -0.2) is 9.18 Å². The molecule has 8 nitrogen and oxygen atoms in total. The number of nitrogens with one attached hydrogen (secondary N) is 2. The summed E-state index contributed by atoms with van der Waals surface area (Å²) in [6.07, 6.45) is 0.630. The minimum atomic E-state index is -0.913. The Labute approximate surface area is 169 Å². The zero-order valence-corrected chi connectivity index (χ0v) is 16.6. The highest BCUT2D eigenvalue weighted by atomic mass is 19.1. The van der Waals surface area contributed by atoms with E-state index in [-0.39, 0.29) is 5.69 Å². The molecule has 1 aromatic carbocycles. The maximum Gasteiger partial charge on any atom is 0.323 e. The molecule has 3 rings (SSSR count). The lowest BCUT2D eigenvalue weighted by Gasteiger charge is -2.36. The molecule has 2 heterocycles. The number of amides is 2. The molecule has 3 N–H and O–H groups in total. The number of rotatable bonds is 6. The van der Waals surface area contributed by atoms with Gasteiger partial charge < -0.3 is 20.5 Å². The van der Waals surface area contributed by atoms with Gasteiger partial charge in [0.25, 0.3) is 0 Å². The predicted molar refractivity (Wildman–Crippen MR) is 108 cm³/mol. The Hall–Kier alpha value is -2.59. The molecular formula is C20H26FN5O3. The van der Waals surface area contributed by atoms with Crippen LogP contribution in [0, 0.1) is 12.7 Å². The molecule has 1 saturated heterocycles. The average Bonchev–Trinajstić information content (AvgIpc) is 2.72. The SMILES string of the molecule is COC(O)N1CCN(Cc2cccc(NC(=O)Nc3ccc(C)nc3)c2F)CC1. The molecule has 0 saturated carbocycles. The summed E-state index contributed by atoms with van der Waals surface area (Å²) in [5, 5.41) is 14.9. The number of halogens is 1. The van der Waals surface area contributed by atoms with Crippen molar-refractivity contribution in [2.45, 2.75) is 19.9 Å². The van der Waals surface area contributed by atoms with E-state index in [0.29, 0.717) is 44.0 Å². The fourth-order valence-corrected chi connectivity index (χ4v) is 3.16. The molecule has 1 atom stereocenters. The lowest BCUT2D eigenvalue weighted by atomic mass is 10.1. The van der Waals surface area contributed by atoms with Crippen molar-refractivity contribution in [2.75, 3.05) is 43.9 Å². The Morgan fingerprint density at radius 1 is 1.24 bits per heavy atom. The third-order valence-electron chi connectivity index (χ3n) is 4.82. The number of carbonyl (C=O) groups is 1. The second-order valence-corrected chi connectivity index (χ2v) is 6.92. The highest BCUT2D eigenvalue weighted by Gasteiger charge is 2.23. The van der Waals surface area contributed by atoms with Crippen molar-refractivity contribution in [3.63, 3.8) is 0 Å². The minimum Gasteiger partial charge on any atom is -0.356 e. The topological polar surface area (TPSA) is 90.0 Å². The van der Waals surface area contributed by atoms with Gasteiger partial charge in [-0.05, 0) is 25.1 Å². The first-order valence-electron chi connectivity index (χ1n) is 9.41. The minimum absolute atomic E-state index is 0.119. The lowest BCUT2D eigenvalue weighted by Crippen LogP contribution is -2.50. The third kappa shape index (κ3) is 5.70. The lowest BCUT2D eigenvalue weighted by molar-refractivity contribution is -0.185. The molecule has 1 aliphatic rings. The summed E-state index contributed by atoms with van der Waals surface area (Å²) < 4.78 is 19.8. The van der Waals surface area contributed by atoms with E-state index in [1.54, 1.807) is 30.5 Å². The Morgan fingerprint density at radius 2 is 2.00 bits per heavy atom. The van der Waals surface area contributed by atoms with Crippen molar-refractivity contribution in [1.29, 1.82) is 0 Å². The second kappa shape index (κ2) is 9.75. The van der Waals surface area contributed by atoms with Crippen LogP contribution in [0.4, 0.5) is 20.6 Å². The number of methoxy groups -OCH3 is 1. The van der Waals surface area contributed by atoms with Crippen LogP contribution >= 0.6 is 0 Å². The van der Waals surface area contributed by atoms with Crippen LogP contribution in [0.5, 0.6) is 0 Å². The number of piperazine rings is 1. The fraction of sp³-hybridized carbons (Fsp3) is 0.400. The third-order valence-corrected chi connectivity index (χ3v) is 4.82. The summed E-state index contributed by atoms with van der Waals surface area (Å²) in [5.74, 6) is -0.455. The number of nitrogens with zero attached hydrogens (tertiary/aromatic N) is 3. The quantitative estimate of drug-likeness (QED) is 0.641. The van der Waals surface area contributed by atoms with Gasteiger partial charge in [0, 0.05) is 51.1 Å². The first-order chi connectivity index (χ1) is 14.0. The summed E-state index contributed by atoms with van der Waals surface area (Å²) >= 11 is 0. The number of hydrogen-bond acceptors (Lipinski definition) is 6. The zero-order valence-electron chi connectivity index (χ0n) is 16.6. The first-order valence-corrected chi connectivity index (χ1v) is 9.41. The summed E-state index contributed by atoms with van der Waals surface area (Å²) in [7, 11) is 1.45. The zero-order chi connectivity index (χ0) is 20.8. The number of hydrogen-bond donors (Lipinski definition) is 3. The van der Waals surface area contributed by atoms with Crippen molar-refractivity contribution >= 4 is 17.4 Å². The van der Waals surface area contributed by atoms with Crippen LogP contribution in [0.1, 0.15) is 11.3 Å². The largest absolute Gasteiger partial charge is 0.356 e. The molecule has 2 aromatic rings. The average molecular weight is 403 g/mol. The van der Waals surface area contributed by atoms with Gasteiger partial charge in [0.15, 0.2) is 5.82 Å². The molecule has 1 aliphatic heterocycles. The first kappa shape index (κ1) is 21.1. The van der Waals surface area contributed by atoms with Gasteiger partial charge in [0.1, 0.15) is 0 Å². The van der Waals surface area contributed by atoms with Gasteiger partial charge in [0.05, 0.1) is 17.6 Å². The molecule has 29 heavy (non-hydrogen) atoms. The maximum atomic E-state index is 14.9. The monoisotopic (exact) mass is 403 g/mol. The van der Waals surface area contributed by atoms with Crippen LogP contribution in [-0.2, 0) is 11.3 Å². The Morgan fingerprint density at radius 3 is 2.66 bits per heavy atom. The molecule has 1 aromatic heterocycles. The molecule has 1 fully saturated rings. The van der Waals surface area contributed by atoms with Crippen LogP contribution < -0.4 is 10.6 Å². The standard InChI is InChI=1S/C20H26FN5O3/c1-14-6-7-16(12-22-14)23-19(27)24-17-5-3-4-15(18(17)21)13-25-8-10-26(11-9-25)20(28)29-2/h3-7,12,20,28H,8-11,13H2,1-2H3,(H2,23,24,27). The maximum absolute atomic E-state index is 14.9. The van der Waals surface area contributed by atoms with E-state index in [0.717, 1.165) is 5.69 Å². The molecule has 0 spiro atoms. The highest BCUT2D eigenvalue weighted by Crippen LogP contribution is 2.21. The smallest absolute Gasteiger partial charge is 0.323 e. The highest BCUT2D eigenvalue weighted by molar-refractivity contribution is 5.99. The van der Waals surface area contributed by atoms with Crippen molar-refractivity contribution in [3.8, 4) is 0 Å². The summed E-state index contributed by atoms with van der Waals surface area (Å²) in [6.45, 7) is 4.88. The van der Waals surface area contributed by atoms with E-state index < -0.39 is 18.3 Å². The van der Waals surface area contributed by atoms with E-state index in [9.17, 15) is 14.3 Å². The summed E-state index contributed by atoms with van der Waals surface area (Å²) in [6, 6.07) is 7.93. The molecule has 2 amide bonds. The normalized spacial score (nSPS) is 16.4. The number of aliphatic hydroxyl groups excluding tert-OH is 1. The number of aliphatic hydroxyl groups is 1. The number of aryl methyl sites for hydroxylation is 1. The molecule has 0 bridgehead atoms. The number of anilines is 2. The van der Waals surface area contributed by atoms with Gasteiger partial charge in [-0.3, -0.25) is 14.8 Å². The van der Waals surface area contributed by atoms with Gasteiger partial charge in [0.2, 0.25) is 6.41 Å². The van der Waals surface area contributed by atoms with Gasteiger partial charge in [-0.2, -0.15) is 0 Å². The van der Waals surface area contributed by atoms with Crippen LogP contribution in [-0.4, -0.2) is 65.6 Å². The van der Waals surface area contributed by atoms with Crippen molar-refractivity contribution in [3.05, 3.63) is 53.6 Å². The molecular weight excluding hydrogens is 377 g/mol. The second-order valence-electron chi connectivity index (χ2n) is 6.92. The molecule has 1 unspecified atom stereocenters. The van der Waals surface area contributed by atoms with E-state index >= 15 is 0 Å². The Bertz CT molecular complexity index is 825. The number of urea groups is 1. The van der Waals surface area contributed by atoms with Crippen LogP contribution in [0.2, 0.25) is 0 Å². The van der Waals surface area contributed by atoms with Crippen molar-refractivity contribution in [1.82, 2.24) is 14.8 Å². The fourth-order valence-electron chi connectivity index (χ4n) is 3.16. The number of pyridine rings is 1. The number of aromatic nitrogens is 1. The van der Waals surface area contributed by atoms with E-state index in [2.05, 4.69) is 20.5 Å². The number of carbonyl (C=O) groups excluding carboxylic acids is 1. The van der Waals surface area contributed by atoms with Gasteiger partial charge in [-0.1, -0.05) is 12.1 Å². The Kier molecular flexibility index (Phi) is 7.10. The van der Waals surface area contributed by atoms with Crippen LogP contribution in [0.25, 0.3) is 0 Å². The Balaban J connectivity index is 1.58. The van der Waals surface area contributed by atoms with E-state index in [4.69, 9.17) is 4.74 Å². The van der Waals surface area contributed by atoms with E-state index in [1.807, 2.05) is 11.8 Å². The summed E-state index contributed by atoms with van der Waals surface area (Å²) in [5.41, 5.74) is 1.99. The molecule has 156 valence electrons. The number of benzene rings is 1. The van der Waals surface area contributed by atoms with Crippen LogP contribution in [0.15, 0.2) is 36.5 Å². The molecule has 0 aliphatic carbocycles. The van der Waals surface area contributed by atoms with Crippen molar-refractivity contribution in [2.24, 2.45) is 0 Å².